The Balaban J connectivity index is 2.67. The van der Waals surface area contributed by atoms with E-state index in [0.29, 0.717) is 10.8 Å². The first-order valence-corrected chi connectivity index (χ1v) is 5.12. The van der Waals surface area contributed by atoms with Crippen molar-refractivity contribution in [1.82, 2.24) is 4.98 Å². The van der Waals surface area contributed by atoms with Gasteiger partial charge in [-0.05, 0) is 6.07 Å². The molecule has 1 aromatic heterocycles. The van der Waals surface area contributed by atoms with Crippen LogP contribution in [0.2, 0.25) is 0 Å². The van der Waals surface area contributed by atoms with Gasteiger partial charge in [0.2, 0.25) is 0 Å². The van der Waals surface area contributed by atoms with Crippen LogP contribution in [0.4, 0.5) is 4.79 Å². The van der Waals surface area contributed by atoms with Gasteiger partial charge in [0.25, 0.3) is 11.4 Å². The lowest BCUT2D eigenvalue weighted by molar-refractivity contribution is 0.118. The van der Waals surface area contributed by atoms with E-state index in [2.05, 4.69) is 9.72 Å². The fourth-order valence-electron chi connectivity index (χ4n) is 1.63. The molecule has 0 spiro atoms. The van der Waals surface area contributed by atoms with E-state index in [1.54, 1.807) is 24.3 Å². The first kappa shape index (κ1) is 12.0. The molecule has 0 amide bonds. The number of aromatic amines is 1. The summed E-state index contributed by atoms with van der Waals surface area (Å²) in [4.78, 5) is 25.3. The Morgan fingerprint density at radius 2 is 1.83 bits per heavy atom. The minimum atomic E-state index is -0.931. The molecule has 1 aromatic carbocycles. The van der Waals surface area contributed by atoms with Crippen LogP contribution in [0.5, 0.6) is 11.6 Å². The minimum absolute atomic E-state index is 0.0759. The van der Waals surface area contributed by atoms with Gasteiger partial charge in [0.1, 0.15) is 0 Å². The molecule has 2 rings (SSSR count). The molecule has 0 saturated carbocycles. The summed E-state index contributed by atoms with van der Waals surface area (Å²) >= 11 is 0. The van der Waals surface area contributed by atoms with Crippen LogP contribution in [0, 0.1) is 0 Å². The molecule has 0 unspecified atom stereocenters. The van der Waals surface area contributed by atoms with Crippen LogP contribution in [0.1, 0.15) is 0 Å². The number of carbonyl (C=O) groups is 1. The lowest BCUT2D eigenvalue weighted by Crippen LogP contribution is -2.14. The quantitative estimate of drug-likeness (QED) is 0.819. The van der Waals surface area contributed by atoms with Crippen molar-refractivity contribution in [2.75, 3.05) is 14.2 Å². The number of carbonyl (C=O) groups excluding carboxylic acids is 1. The Kier molecular flexibility index (Phi) is 3.18. The number of hydrogen-bond acceptors (Lipinski definition) is 5. The first-order chi connectivity index (χ1) is 8.67. The van der Waals surface area contributed by atoms with Crippen molar-refractivity contribution in [3.63, 3.8) is 0 Å². The lowest BCUT2D eigenvalue weighted by atomic mass is 10.1. The van der Waals surface area contributed by atoms with Crippen LogP contribution in [0.3, 0.4) is 0 Å². The highest BCUT2D eigenvalue weighted by Gasteiger charge is 2.16. The first-order valence-electron chi connectivity index (χ1n) is 5.12. The average molecular weight is 249 g/mol. The molecule has 0 aliphatic carbocycles. The van der Waals surface area contributed by atoms with Gasteiger partial charge in [-0.1, -0.05) is 18.2 Å². The third kappa shape index (κ3) is 2.00. The van der Waals surface area contributed by atoms with Crippen molar-refractivity contribution < 1.29 is 19.0 Å². The van der Waals surface area contributed by atoms with Gasteiger partial charge in [-0.2, -0.15) is 0 Å². The van der Waals surface area contributed by atoms with Gasteiger partial charge >= 0.3 is 6.16 Å². The van der Waals surface area contributed by atoms with Crippen LogP contribution in [-0.4, -0.2) is 25.4 Å². The van der Waals surface area contributed by atoms with Crippen LogP contribution in [-0.2, 0) is 4.74 Å². The Labute approximate surface area is 102 Å². The number of aromatic nitrogens is 1. The summed E-state index contributed by atoms with van der Waals surface area (Å²) in [6.45, 7) is 0. The van der Waals surface area contributed by atoms with Gasteiger partial charge in [-0.15, -0.1) is 0 Å². The molecule has 0 saturated heterocycles. The lowest BCUT2D eigenvalue weighted by Gasteiger charge is -2.10. The molecule has 0 radical (unpaired) electrons. The van der Waals surface area contributed by atoms with Crippen LogP contribution in [0.15, 0.2) is 29.1 Å². The molecule has 1 N–H and O–H groups in total. The fourth-order valence-corrected chi connectivity index (χ4v) is 1.63. The zero-order valence-electron chi connectivity index (χ0n) is 9.85. The maximum atomic E-state index is 11.8. The predicted molar refractivity (Wildman–Crippen MR) is 64.2 cm³/mol. The van der Waals surface area contributed by atoms with E-state index in [9.17, 15) is 9.59 Å². The number of fused-ring (bicyclic) bond motifs is 1. The molecular formula is C12H11NO5. The molecule has 94 valence electrons. The average Bonchev–Trinajstić information content (AvgIpc) is 2.39. The van der Waals surface area contributed by atoms with Gasteiger partial charge < -0.3 is 14.2 Å². The van der Waals surface area contributed by atoms with Crippen LogP contribution < -0.4 is 15.0 Å². The number of hydrogen-bond donors (Lipinski definition) is 1. The Morgan fingerprint density at radius 1 is 1.17 bits per heavy atom. The molecule has 6 heteroatoms. The smallest absolute Gasteiger partial charge is 0.491 e. The Hall–Kier alpha value is -2.50. The van der Waals surface area contributed by atoms with E-state index in [0.717, 1.165) is 0 Å². The van der Waals surface area contributed by atoms with Crippen molar-refractivity contribution in [3.05, 3.63) is 34.6 Å². The SMILES string of the molecule is COC(=O)Oc1[nH]c(=O)c2ccccc2c1OC. The second-order valence-corrected chi connectivity index (χ2v) is 3.42. The summed E-state index contributed by atoms with van der Waals surface area (Å²) in [5.41, 5.74) is -0.370. The molecule has 0 aliphatic heterocycles. The van der Waals surface area contributed by atoms with Crippen molar-refractivity contribution >= 4 is 16.9 Å². The molecule has 6 nitrogen and oxygen atoms in total. The van der Waals surface area contributed by atoms with Crippen LogP contribution >= 0.6 is 0 Å². The fraction of sp³-hybridized carbons (Fsp3) is 0.167. The number of nitrogens with one attached hydrogen (secondary N) is 1. The summed E-state index contributed by atoms with van der Waals surface area (Å²) in [5, 5.41) is 1.01. The van der Waals surface area contributed by atoms with Crippen molar-refractivity contribution in [2.24, 2.45) is 0 Å². The number of rotatable bonds is 2. The molecule has 0 aliphatic rings. The number of ether oxygens (including phenoxy) is 3. The van der Waals surface area contributed by atoms with Gasteiger partial charge in [0, 0.05) is 5.39 Å². The number of H-pyrrole nitrogens is 1. The highest BCUT2D eigenvalue weighted by Crippen LogP contribution is 2.31. The molecule has 0 fully saturated rings. The zero-order valence-corrected chi connectivity index (χ0v) is 9.85. The van der Waals surface area contributed by atoms with Gasteiger partial charge in [-0.25, -0.2) is 4.79 Å². The normalized spacial score (nSPS) is 10.1. The van der Waals surface area contributed by atoms with Crippen molar-refractivity contribution in [2.45, 2.75) is 0 Å². The highest BCUT2D eigenvalue weighted by molar-refractivity contribution is 5.89. The van der Waals surface area contributed by atoms with E-state index in [1.165, 1.54) is 14.2 Å². The second kappa shape index (κ2) is 4.79. The largest absolute Gasteiger partial charge is 0.514 e. The van der Waals surface area contributed by atoms with E-state index in [4.69, 9.17) is 9.47 Å². The number of methoxy groups -OCH3 is 2. The molecular weight excluding hydrogens is 238 g/mol. The molecule has 18 heavy (non-hydrogen) atoms. The second-order valence-electron chi connectivity index (χ2n) is 3.42. The number of benzene rings is 1. The van der Waals surface area contributed by atoms with Gasteiger partial charge in [0.15, 0.2) is 5.75 Å². The molecule has 2 aromatic rings. The van der Waals surface area contributed by atoms with E-state index >= 15 is 0 Å². The van der Waals surface area contributed by atoms with Crippen LogP contribution in [0.25, 0.3) is 10.8 Å². The minimum Gasteiger partial charge on any atom is -0.491 e. The van der Waals surface area contributed by atoms with Crippen molar-refractivity contribution in [3.8, 4) is 11.6 Å². The third-order valence-corrected chi connectivity index (χ3v) is 2.41. The monoisotopic (exact) mass is 249 g/mol. The maximum Gasteiger partial charge on any atom is 0.514 e. The summed E-state index contributed by atoms with van der Waals surface area (Å²) in [6.07, 6.45) is -0.931. The zero-order chi connectivity index (χ0) is 13.1. The van der Waals surface area contributed by atoms with Crippen molar-refractivity contribution in [1.29, 1.82) is 0 Å². The Morgan fingerprint density at radius 3 is 2.44 bits per heavy atom. The van der Waals surface area contributed by atoms with E-state index < -0.39 is 6.16 Å². The topological polar surface area (TPSA) is 77.6 Å². The molecule has 0 atom stereocenters. The molecule has 0 bridgehead atoms. The standard InChI is InChI=1S/C12H11NO5/c1-16-9-7-5-3-4-6-8(7)10(14)13-11(9)18-12(15)17-2/h3-6H,1-2H3,(H,13,14). The van der Waals surface area contributed by atoms with E-state index in [-0.39, 0.29) is 17.2 Å². The summed E-state index contributed by atoms with van der Waals surface area (Å²) < 4.78 is 14.4. The predicted octanol–water partition coefficient (Wildman–Crippen LogP) is 1.68. The van der Waals surface area contributed by atoms with E-state index in [1.807, 2.05) is 0 Å². The molecule has 1 heterocycles. The van der Waals surface area contributed by atoms with Gasteiger partial charge in [-0.3, -0.25) is 9.78 Å². The Bertz CT molecular complexity index is 646. The summed E-state index contributed by atoms with van der Waals surface area (Å²) in [7, 11) is 2.60. The highest BCUT2D eigenvalue weighted by atomic mass is 16.7. The van der Waals surface area contributed by atoms with Gasteiger partial charge in [0.05, 0.1) is 19.6 Å². The summed E-state index contributed by atoms with van der Waals surface area (Å²) in [5.74, 6) is 0.198. The summed E-state index contributed by atoms with van der Waals surface area (Å²) in [6, 6.07) is 6.84. The number of pyridine rings is 1. The maximum absolute atomic E-state index is 11.8. The third-order valence-electron chi connectivity index (χ3n) is 2.41.